The molecule has 0 radical (unpaired) electrons. The van der Waals surface area contributed by atoms with Gasteiger partial charge in [0, 0.05) is 15.9 Å². The first-order valence-electron chi connectivity index (χ1n) is 6.36. The summed E-state index contributed by atoms with van der Waals surface area (Å²) in [5.41, 5.74) is 0.164. The van der Waals surface area contributed by atoms with Gasteiger partial charge in [-0.05, 0) is 27.0 Å². The summed E-state index contributed by atoms with van der Waals surface area (Å²) in [6.07, 6.45) is 1.61. The minimum Gasteiger partial charge on any atom is -0.459 e. The lowest BCUT2D eigenvalue weighted by Gasteiger charge is -2.36. The van der Waals surface area contributed by atoms with Gasteiger partial charge in [0.15, 0.2) is 0 Å². The molecule has 0 aliphatic heterocycles. The predicted molar refractivity (Wildman–Crippen MR) is 84.1 cm³/mol. The van der Waals surface area contributed by atoms with Crippen LogP contribution in [0, 0.1) is 5.41 Å². The van der Waals surface area contributed by atoms with Crippen LogP contribution in [0.25, 0.3) is 0 Å². The molecule has 0 aromatic carbocycles. The number of nitrogens with zero attached hydrogens (tertiary/aromatic N) is 1. The molecular weight excluding hydrogens is 306 g/mol. The number of carbonyl (C=O) groups excluding carboxylic acids is 1. The van der Waals surface area contributed by atoms with E-state index in [1.807, 2.05) is 20.8 Å². The Morgan fingerprint density at radius 3 is 2.16 bits per heavy atom. The number of hydrogen-bond acceptors (Lipinski definition) is 3. The van der Waals surface area contributed by atoms with Gasteiger partial charge in [0.1, 0.15) is 12.1 Å². The first-order valence-corrected chi connectivity index (χ1v) is 7.28. The largest absolute Gasteiger partial charge is 0.459 e. The van der Waals surface area contributed by atoms with Crippen molar-refractivity contribution in [2.45, 2.75) is 52.0 Å². The van der Waals surface area contributed by atoms with Crippen molar-refractivity contribution in [2.24, 2.45) is 5.41 Å². The van der Waals surface area contributed by atoms with E-state index in [-0.39, 0.29) is 22.8 Å². The van der Waals surface area contributed by atoms with Gasteiger partial charge in [0.25, 0.3) is 0 Å². The van der Waals surface area contributed by atoms with Gasteiger partial charge in [-0.1, -0.05) is 49.9 Å². The van der Waals surface area contributed by atoms with E-state index < -0.39 is 5.60 Å². The highest BCUT2D eigenvalue weighted by Gasteiger charge is 2.31. The second-order valence-electron chi connectivity index (χ2n) is 6.18. The average Bonchev–Trinajstić information content (AvgIpc) is 2.22. The summed E-state index contributed by atoms with van der Waals surface area (Å²) in [6, 6.07) is 0. The molecule has 1 unspecified atom stereocenters. The van der Waals surface area contributed by atoms with Crippen molar-refractivity contribution in [1.82, 2.24) is 4.90 Å². The molecule has 0 aliphatic carbocycles. The highest BCUT2D eigenvalue weighted by molar-refractivity contribution is 9.09. The zero-order valence-corrected chi connectivity index (χ0v) is 14.5. The molecule has 0 fully saturated rings. The van der Waals surface area contributed by atoms with Crippen molar-refractivity contribution in [3.63, 3.8) is 0 Å². The maximum Gasteiger partial charge on any atom is 0.326 e. The van der Waals surface area contributed by atoms with Crippen LogP contribution in [0.15, 0.2) is 25.1 Å². The van der Waals surface area contributed by atoms with E-state index in [4.69, 9.17) is 4.74 Å². The van der Waals surface area contributed by atoms with E-state index in [0.29, 0.717) is 0 Å². The number of allylic oxidation sites excluding steroid dienone is 1. The third kappa shape index (κ3) is 5.81. The minimum absolute atomic E-state index is 0.128. The highest BCUT2D eigenvalue weighted by atomic mass is 79.9. The van der Waals surface area contributed by atoms with Crippen LogP contribution in [-0.2, 0) is 9.53 Å². The minimum atomic E-state index is -0.483. The number of carbonyl (C=O) groups is 1. The second kappa shape index (κ2) is 6.60. The molecule has 3 nitrogen and oxygen atoms in total. The van der Waals surface area contributed by atoms with E-state index in [1.54, 1.807) is 11.1 Å². The van der Waals surface area contributed by atoms with Gasteiger partial charge in [-0.3, -0.25) is 4.79 Å². The second-order valence-corrected chi connectivity index (χ2v) is 7.55. The summed E-state index contributed by atoms with van der Waals surface area (Å²) in [4.78, 5) is 13.8. The van der Waals surface area contributed by atoms with Gasteiger partial charge >= 0.3 is 5.97 Å². The summed E-state index contributed by atoms with van der Waals surface area (Å²) in [5.74, 6) is -0.286. The molecule has 0 aromatic heterocycles. The van der Waals surface area contributed by atoms with Crippen molar-refractivity contribution >= 4 is 21.9 Å². The molecule has 4 heteroatoms. The van der Waals surface area contributed by atoms with Crippen LogP contribution in [0.4, 0.5) is 0 Å². The van der Waals surface area contributed by atoms with E-state index in [9.17, 15) is 4.79 Å². The van der Waals surface area contributed by atoms with E-state index in [2.05, 4.69) is 49.9 Å². The Balaban J connectivity index is 4.82. The average molecular weight is 332 g/mol. The third-order valence-corrected chi connectivity index (χ3v) is 4.17. The van der Waals surface area contributed by atoms with Gasteiger partial charge in [-0.2, -0.15) is 0 Å². The van der Waals surface area contributed by atoms with Crippen molar-refractivity contribution in [1.29, 1.82) is 0 Å². The van der Waals surface area contributed by atoms with Crippen molar-refractivity contribution in [2.75, 3.05) is 6.54 Å². The zero-order chi connectivity index (χ0) is 15.4. The zero-order valence-electron chi connectivity index (χ0n) is 12.9. The van der Waals surface area contributed by atoms with Crippen molar-refractivity contribution < 1.29 is 9.53 Å². The van der Waals surface area contributed by atoms with Crippen LogP contribution in [0.1, 0.15) is 41.5 Å². The smallest absolute Gasteiger partial charge is 0.326 e. The van der Waals surface area contributed by atoms with Gasteiger partial charge in [0.2, 0.25) is 0 Å². The normalized spacial score (nSPS) is 13.6. The summed E-state index contributed by atoms with van der Waals surface area (Å²) >= 11 is 3.57. The first kappa shape index (κ1) is 18.2. The molecule has 0 amide bonds. The summed E-state index contributed by atoms with van der Waals surface area (Å²) in [6.45, 7) is 19.7. The lowest BCUT2D eigenvalue weighted by molar-refractivity contribution is -0.155. The molecule has 1 atom stereocenters. The third-order valence-electron chi connectivity index (χ3n) is 3.02. The standard InChI is InChI=1S/C15H26BrNO2/c1-9-17(10-13(18)19-14(4,5)6)12(3)15(7,8)11(2)16/h9,11H,1,3,10H2,2,4-8H3. The van der Waals surface area contributed by atoms with Crippen LogP contribution in [0.3, 0.4) is 0 Å². The molecule has 0 bridgehead atoms. The number of esters is 1. The van der Waals surface area contributed by atoms with E-state index >= 15 is 0 Å². The molecule has 0 heterocycles. The first-order chi connectivity index (χ1) is 8.41. The van der Waals surface area contributed by atoms with Crippen LogP contribution in [0.5, 0.6) is 0 Å². The van der Waals surface area contributed by atoms with Crippen LogP contribution >= 0.6 is 15.9 Å². The molecule has 0 saturated heterocycles. The molecule has 0 spiro atoms. The molecule has 0 N–H and O–H groups in total. The SMILES string of the molecule is C=CN(CC(=O)OC(C)(C)C)C(=C)C(C)(C)C(C)Br. The quantitative estimate of drug-likeness (QED) is 0.542. The lowest BCUT2D eigenvalue weighted by atomic mass is 9.86. The molecular formula is C15H26BrNO2. The maximum atomic E-state index is 11.9. The lowest BCUT2D eigenvalue weighted by Crippen LogP contribution is -2.37. The molecule has 0 rings (SSSR count). The fourth-order valence-corrected chi connectivity index (χ4v) is 1.65. The number of ether oxygens (including phenoxy) is 1. The fourth-order valence-electron chi connectivity index (χ4n) is 1.38. The van der Waals surface area contributed by atoms with Gasteiger partial charge in [0.05, 0.1) is 0 Å². The molecule has 19 heavy (non-hydrogen) atoms. The molecule has 0 aliphatic rings. The Morgan fingerprint density at radius 1 is 1.37 bits per heavy atom. The Hall–Kier alpha value is -0.770. The van der Waals surface area contributed by atoms with Crippen molar-refractivity contribution in [3.8, 4) is 0 Å². The van der Waals surface area contributed by atoms with Crippen molar-refractivity contribution in [3.05, 3.63) is 25.1 Å². The van der Waals surface area contributed by atoms with Crippen LogP contribution < -0.4 is 0 Å². The fraction of sp³-hybridized carbons (Fsp3) is 0.667. The Kier molecular flexibility index (Phi) is 6.33. The van der Waals surface area contributed by atoms with Gasteiger partial charge < -0.3 is 9.64 Å². The van der Waals surface area contributed by atoms with Gasteiger partial charge in [-0.25, -0.2) is 0 Å². The molecule has 0 saturated carbocycles. The Bertz CT molecular complexity index is 354. The Labute approximate surface area is 125 Å². The predicted octanol–water partition coefficient (Wildman–Crippen LogP) is 4.10. The Morgan fingerprint density at radius 2 is 1.84 bits per heavy atom. The monoisotopic (exact) mass is 331 g/mol. The number of rotatable bonds is 6. The molecule has 110 valence electrons. The van der Waals surface area contributed by atoms with E-state index in [0.717, 1.165) is 5.70 Å². The number of halogens is 1. The summed E-state index contributed by atoms with van der Waals surface area (Å²) in [5, 5.41) is 0. The summed E-state index contributed by atoms with van der Waals surface area (Å²) < 4.78 is 5.31. The number of hydrogen-bond donors (Lipinski definition) is 0. The summed E-state index contributed by atoms with van der Waals surface area (Å²) in [7, 11) is 0. The van der Waals surface area contributed by atoms with Gasteiger partial charge in [-0.15, -0.1) is 0 Å². The molecule has 0 aromatic rings. The van der Waals surface area contributed by atoms with E-state index in [1.165, 1.54) is 0 Å². The van der Waals surface area contributed by atoms with Crippen LogP contribution in [-0.4, -0.2) is 27.8 Å². The number of alkyl halides is 1. The maximum absolute atomic E-state index is 11.9. The highest BCUT2D eigenvalue weighted by Crippen LogP contribution is 2.35. The van der Waals surface area contributed by atoms with Crippen LogP contribution in [0.2, 0.25) is 0 Å². The topological polar surface area (TPSA) is 29.5 Å².